The number of halogens is 1. The molecule has 0 saturated carbocycles. The molecule has 20 heavy (non-hydrogen) atoms. The van der Waals surface area contributed by atoms with Crippen LogP contribution in [0.25, 0.3) is 0 Å². The van der Waals surface area contributed by atoms with Crippen LogP contribution >= 0.6 is 0 Å². The quantitative estimate of drug-likeness (QED) is 0.880. The Bertz CT molecular complexity index is 576. The Hall–Kier alpha value is -2.14. The predicted molar refractivity (Wildman–Crippen MR) is 74.6 cm³/mol. The minimum absolute atomic E-state index is 0.368. The fourth-order valence-corrected chi connectivity index (χ4v) is 1.79. The summed E-state index contributed by atoms with van der Waals surface area (Å²) in [5.74, 6) is 1.18. The molecule has 0 aliphatic heterocycles. The monoisotopic (exact) mass is 276 g/mol. The number of pyridine rings is 1. The first-order chi connectivity index (χ1) is 9.74. The van der Waals surface area contributed by atoms with Gasteiger partial charge >= 0.3 is 0 Å². The topological polar surface area (TPSA) is 43.4 Å². The number of nitrogens with zero attached hydrogens (tertiary/aromatic N) is 1. The predicted octanol–water partition coefficient (Wildman–Crippen LogP) is 3.13. The van der Waals surface area contributed by atoms with Gasteiger partial charge in [-0.2, -0.15) is 0 Å². The lowest BCUT2D eigenvalue weighted by Crippen LogP contribution is -2.08. The summed E-state index contributed by atoms with van der Waals surface area (Å²) in [7, 11) is 1.78. The molecule has 106 valence electrons. The molecular formula is C15H17FN2O2. The van der Waals surface area contributed by atoms with Crippen LogP contribution in [0.1, 0.15) is 12.5 Å². The second kappa shape index (κ2) is 6.86. The van der Waals surface area contributed by atoms with Crippen molar-refractivity contribution in [1.82, 2.24) is 10.3 Å². The fourth-order valence-electron chi connectivity index (χ4n) is 1.79. The van der Waals surface area contributed by atoms with Crippen LogP contribution in [0.2, 0.25) is 0 Å². The highest BCUT2D eigenvalue weighted by Crippen LogP contribution is 2.31. The smallest absolute Gasteiger partial charge is 0.224 e. The van der Waals surface area contributed by atoms with Crippen LogP contribution in [0.5, 0.6) is 17.4 Å². The van der Waals surface area contributed by atoms with E-state index >= 15 is 0 Å². The normalized spacial score (nSPS) is 10.3. The van der Waals surface area contributed by atoms with Gasteiger partial charge in [-0.15, -0.1) is 0 Å². The van der Waals surface area contributed by atoms with E-state index in [2.05, 4.69) is 10.3 Å². The molecule has 0 saturated heterocycles. The van der Waals surface area contributed by atoms with Gasteiger partial charge in [0.15, 0.2) is 11.5 Å². The summed E-state index contributed by atoms with van der Waals surface area (Å²) < 4.78 is 24.5. The van der Waals surface area contributed by atoms with Crippen molar-refractivity contribution in [2.24, 2.45) is 0 Å². The van der Waals surface area contributed by atoms with Crippen LogP contribution in [0.3, 0.4) is 0 Å². The van der Waals surface area contributed by atoms with E-state index in [9.17, 15) is 4.39 Å². The highest BCUT2D eigenvalue weighted by atomic mass is 19.1. The molecule has 0 spiro atoms. The molecule has 0 radical (unpaired) electrons. The standard InChI is InChI=1S/C15H17FN2O2/c1-3-19-13-6-4-5-7-14(13)20-15-11(9-17-2)8-12(16)10-18-15/h4-8,10,17H,3,9H2,1-2H3. The zero-order chi connectivity index (χ0) is 14.4. The molecule has 5 heteroatoms. The van der Waals surface area contributed by atoms with Crippen LogP contribution in [-0.2, 0) is 6.54 Å². The summed E-state index contributed by atoms with van der Waals surface area (Å²) in [5, 5.41) is 2.96. The first-order valence-corrected chi connectivity index (χ1v) is 6.43. The number of para-hydroxylation sites is 2. The first-order valence-electron chi connectivity index (χ1n) is 6.43. The zero-order valence-electron chi connectivity index (χ0n) is 11.5. The van der Waals surface area contributed by atoms with Crippen molar-refractivity contribution < 1.29 is 13.9 Å². The molecule has 2 aromatic rings. The Morgan fingerprint density at radius 3 is 2.70 bits per heavy atom. The number of hydrogen-bond donors (Lipinski definition) is 1. The van der Waals surface area contributed by atoms with Crippen molar-refractivity contribution in [2.45, 2.75) is 13.5 Å². The summed E-state index contributed by atoms with van der Waals surface area (Å²) in [6.45, 7) is 2.91. The van der Waals surface area contributed by atoms with Gasteiger partial charge in [-0.05, 0) is 32.2 Å². The van der Waals surface area contributed by atoms with Crippen molar-refractivity contribution >= 4 is 0 Å². The SMILES string of the molecule is CCOc1ccccc1Oc1ncc(F)cc1CNC. The summed E-state index contributed by atoms with van der Waals surface area (Å²) in [5.41, 5.74) is 0.652. The van der Waals surface area contributed by atoms with E-state index in [0.717, 1.165) is 6.20 Å². The maximum absolute atomic E-state index is 13.2. The van der Waals surface area contributed by atoms with Gasteiger partial charge in [0, 0.05) is 12.1 Å². The third-order valence-electron chi connectivity index (χ3n) is 2.61. The molecule has 1 heterocycles. The number of nitrogens with one attached hydrogen (secondary N) is 1. The van der Waals surface area contributed by atoms with Gasteiger partial charge in [0.1, 0.15) is 5.82 Å². The minimum atomic E-state index is -0.388. The number of aromatic nitrogens is 1. The van der Waals surface area contributed by atoms with E-state index in [0.29, 0.717) is 36.1 Å². The van der Waals surface area contributed by atoms with Crippen LogP contribution in [-0.4, -0.2) is 18.6 Å². The molecule has 4 nitrogen and oxygen atoms in total. The second-order valence-electron chi connectivity index (χ2n) is 4.13. The van der Waals surface area contributed by atoms with E-state index < -0.39 is 0 Å². The Labute approximate surface area is 117 Å². The maximum Gasteiger partial charge on any atom is 0.224 e. The summed E-state index contributed by atoms with van der Waals surface area (Å²) in [6, 6.07) is 8.73. The highest BCUT2D eigenvalue weighted by molar-refractivity contribution is 5.42. The molecule has 0 unspecified atom stereocenters. The van der Waals surface area contributed by atoms with Gasteiger partial charge in [0.25, 0.3) is 0 Å². The van der Waals surface area contributed by atoms with Gasteiger partial charge < -0.3 is 14.8 Å². The Morgan fingerprint density at radius 2 is 2.00 bits per heavy atom. The molecule has 0 amide bonds. The number of benzene rings is 1. The molecule has 0 bridgehead atoms. The van der Waals surface area contributed by atoms with Gasteiger partial charge in [0.05, 0.1) is 12.8 Å². The van der Waals surface area contributed by atoms with Crippen LogP contribution in [0.4, 0.5) is 4.39 Å². The molecule has 0 atom stereocenters. The molecule has 1 aromatic heterocycles. The fraction of sp³-hybridized carbons (Fsp3) is 0.267. The average Bonchev–Trinajstić information content (AvgIpc) is 2.44. The third kappa shape index (κ3) is 3.45. The molecule has 0 aliphatic carbocycles. The molecule has 0 fully saturated rings. The molecule has 1 aromatic carbocycles. The van der Waals surface area contributed by atoms with E-state index in [1.807, 2.05) is 25.1 Å². The summed E-state index contributed by atoms with van der Waals surface area (Å²) in [6.07, 6.45) is 1.14. The van der Waals surface area contributed by atoms with E-state index in [1.54, 1.807) is 13.1 Å². The molecule has 2 rings (SSSR count). The highest BCUT2D eigenvalue weighted by Gasteiger charge is 2.11. The molecular weight excluding hydrogens is 259 g/mol. The lowest BCUT2D eigenvalue weighted by atomic mass is 10.2. The van der Waals surface area contributed by atoms with Crippen LogP contribution < -0.4 is 14.8 Å². The largest absolute Gasteiger partial charge is 0.490 e. The van der Waals surface area contributed by atoms with Gasteiger partial charge in [-0.25, -0.2) is 9.37 Å². The van der Waals surface area contributed by atoms with E-state index in [1.165, 1.54) is 6.07 Å². The third-order valence-corrected chi connectivity index (χ3v) is 2.61. The Morgan fingerprint density at radius 1 is 1.25 bits per heavy atom. The zero-order valence-corrected chi connectivity index (χ0v) is 11.5. The van der Waals surface area contributed by atoms with E-state index in [4.69, 9.17) is 9.47 Å². The Kier molecular flexibility index (Phi) is 4.90. The molecule has 0 aliphatic rings. The average molecular weight is 276 g/mol. The number of ether oxygens (including phenoxy) is 2. The molecule has 1 N–H and O–H groups in total. The number of hydrogen-bond acceptors (Lipinski definition) is 4. The van der Waals surface area contributed by atoms with Crippen molar-refractivity contribution in [1.29, 1.82) is 0 Å². The van der Waals surface area contributed by atoms with Crippen molar-refractivity contribution in [3.63, 3.8) is 0 Å². The Balaban J connectivity index is 2.29. The van der Waals surface area contributed by atoms with Crippen molar-refractivity contribution in [2.75, 3.05) is 13.7 Å². The summed E-state index contributed by atoms with van der Waals surface area (Å²) >= 11 is 0. The van der Waals surface area contributed by atoms with Crippen LogP contribution in [0, 0.1) is 5.82 Å². The van der Waals surface area contributed by atoms with Crippen molar-refractivity contribution in [3.05, 3.63) is 47.9 Å². The lowest BCUT2D eigenvalue weighted by molar-refractivity contribution is 0.318. The summed E-state index contributed by atoms with van der Waals surface area (Å²) in [4.78, 5) is 4.00. The minimum Gasteiger partial charge on any atom is -0.490 e. The van der Waals surface area contributed by atoms with Gasteiger partial charge in [0.2, 0.25) is 5.88 Å². The van der Waals surface area contributed by atoms with Crippen molar-refractivity contribution in [3.8, 4) is 17.4 Å². The van der Waals surface area contributed by atoms with Gasteiger partial charge in [-0.3, -0.25) is 0 Å². The van der Waals surface area contributed by atoms with Crippen LogP contribution in [0.15, 0.2) is 36.5 Å². The number of rotatable bonds is 6. The maximum atomic E-state index is 13.2. The lowest BCUT2D eigenvalue weighted by Gasteiger charge is -2.13. The first kappa shape index (κ1) is 14.3. The van der Waals surface area contributed by atoms with E-state index in [-0.39, 0.29) is 5.82 Å². The second-order valence-corrected chi connectivity index (χ2v) is 4.13. The van der Waals surface area contributed by atoms with Gasteiger partial charge in [-0.1, -0.05) is 12.1 Å².